The maximum Gasteiger partial charge on any atom is 0.0491 e. The summed E-state index contributed by atoms with van der Waals surface area (Å²) in [7, 11) is 0. The van der Waals surface area contributed by atoms with Gasteiger partial charge in [-0.25, -0.2) is 0 Å². The van der Waals surface area contributed by atoms with Crippen molar-refractivity contribution in [3.63, 3.8) is 0 Å². The van der Waals surface area contributed by atoms with Gasteiger partial charge >= 0.3 is 0 Å². The summed E-state index contributed by atoms with van der Waals surface area (Å²) in [6, 6.07) is 19.3. The standard InChI is InChI=1S/C20H10Cl4/c21-17-5-1-3-13-15(17)7-11(9-19(13)23)12-8-16-14(20(24)10-12)4-2-6-18(16)22/h1-10H. The van der Waals surface area contributed by atoms with Crippen LogP contribution >= 0.6 is 46.4 Å². The summed E-state index contributed by atoms with van der Waals surface area (Å²) in [6.07, 6.45) is 0. The van der Waals surface area contributed by atoms with Crippen LogP contribution in [-0.2, 0) is 0 Å². The highest BCUT2D eigenvalue weighted by atomic mass is 35.5. The molecule has 118 valence electrons. The molecule has 0 spiro atoms. The molecular weight excluding hydrogens is 382 g/mol. The number of fused-ring (bicyclic) bond motifs is 2. The molecule has 24 heavy (non-hydrogen) atoms. The molecule has 0 aliphatic heterocycles. The maximum absolute atomic E-state index is 6.46. The third kappa shape index (κ3) is 2.64. The van der Waals surface area contributed by atoms with Crippen molar-refractivity contribution in [1.29, 1.82) is 0 Å². The second-order valence-corrected chi connectivity index (χ2v) is 7.21. The van der Waals surface area contributed by atoms with E-state index in [1.165, 1.54) is 0 Å². The van der Waals surface area contributed by atoms with Crippen LogP contribution in [0, 0.1) is 0 Å². The highest BCUT2D eigenvalue weighted by Crippen LogP contribution is 2.38. The van der Waals surface area contributed by atoms with Crippen LogP contribution in [0.5, 0.6) is 0 Å². The van der Waals surface area contributed by atoms with Crippen LogP contribution in [0.3, 0.4) is 0 Å². The zero-order chi connectivity index (χ0) is 16.8. The first-order valence-corrected chi connectivity index (χ1v) is 8.82. The Morgan fingerprint density at radius 2 is 0.833 bits per heavy atom. The van der Waals surface area contributed by atoms with Gasteiger partial charge in [0.1, 0.15) is 0 Å². The van der Waals surface area contributed by atoms with E-state index in [0.717, 1.165) is 32.7 Å². The molecular formula is C20H10Cl4. The van der Waals surface area contributed by atoms with Gasteiger partial charge in [0.25, 0.3) is 0 Å². The van der Waals surface area contributed by atoms with E-state index in [1.54, 1.807) is 0 Å². The van der Waals surface area contributed by atoms with Crippen LogP contribution in [0.4, 0.5) is 0 Å². The van der Waals surface area contributed by atoms with Crippen LogP contribution in [0.25, 0.3) is 32.7 Å². The summed E-state index contributed by atoms with van der Waals surface area (Å²) in [6.45, 7) is 0. The third-order valence-electron chi connectivity index (χ3n) is 4.12. The molecule has 0 aliphatic rings. The Labute approximate surface area is 159 Å². The predicted molar refractivity (Wildman–Crippen MR) is 107 cm³/mol. The van der Waals surface area contributed by atoms with E-state index in [9.17, 15) is 0 Å². The smallest absolute Gasteiger partial charge is 0.0491 e. The van der Waals surface area contributed by atoms with Crippen LogP contribution in [0.15, 0.2) is 60.7 Å². The zero-order valence-corrected chi connectivity index (χ0v) is 15.3. The van der Waals surface area contributed by atoms with Crippen molar-refractivity contribution >= 4 is 67.9 Å². The SMILES string of the molecule is Clc1cc(-c2cc(Cl)c3cccc(Cl)c3c2)cc2c(Cl)cccc12. The molecule has 4 rings (SSSR count). The molecule has 0 saturated carbocycles. The van der Waals surface area contributed by atoms with Crippen LogP contribution in [0.1, 0.15) is 0 Å². The van der Waals surface area contributed by atoms with Gasteiger partial charge in [-0.2, -0.15) is 0 Å². The Balaban J connectivity index is 2.03. The molecule has 0 heterocycles. The molecule has 0 unspecified atom stereocenters. The van der Waals surface area contributed by atoms with Gasteiger partial charge < -0.3 is 0 Å². The van der Waals surface area contributed by atoms with Gasteiger partial charge in [0.05, 0.1) is 0 Å². The van der Waals surface area contributed by atoms with Gasteiger partial charge in [-0.3, -0.25) is 0 Å². The Hall–Kier alpha value is -1.44. The number of hydrogen-bond donors (Lipinski definition) is 0. The zero-order valence-electron chi connectivity index (χ0n) is 12.3. The maximum atomic E-state index is 6.46. The molecule has 0 amide bonds. The Kier molecular flexibility index (Phi) is 4.10. The van der Waals surface area contributed by atoms with Crippen molar-refractivity contribution in [3.05, 3.63) is 80.8 Å². The second kappa shape index (κ2) is 6.13. The molecule has 0 fully saturated rings. The lowest BCUT2D eigenvalue weighted by molar-refractivity contribution is 1.67. The fourth-order valence-electron chi connectivity index (χ4n) is 2.94. The van der Waals surface area contributed by atoms with Gasteiger partial charge in [-0.05, 0) is 47.5 Å². The van der Waals surface area contributed by atoms with Crippen molar-refractivity contribution in [2.45, 2.75) is 0 Å². The topological polar surface area (TPSA) is 0 Å². The molecule has 0 saturated heterocycles. The third-order valence-corrected chi connectivity index (χ3v) is 5.40. The number of rotatable bonds is 1. The van der Waals surface area contributed by atoms with Gasteiger partial charge in [-0.15, -0.1) is 0 Å². The Morgan fingerprint density at radius 1 is 0.417 bits per heavy atom. The lowest BCUT2D eigenvalue weighted by Gasteiger charge is -2.11. The van der Waals surface area contributed by atoms with Crippen LogP contribution < -0.4 is 0 Å². The lowest BCUT2D eigenvalue weighted by Crippen LogP contribution is -1.84. The normalized spacial score (nSPS) is 11.3. The average Bonchev–Trinajstić information content (AvgIpc) is 2.56. The fourth-order valence-corrected chi connectivity index (χ4v) is 3.96. The Morgan fingerprint density at radius 3 is 1.25 bits per heavy atom. The van der Waals surface area contributed by atoms with Crippen molar-refractivity contribution in [2.24, 2.45) is 0 Å². The fraction of sp³-hybridized carbons (Fsp3) is 0. The molecule has 4 aromatic rings. The lowest BCUT2D eigenvalue weighted by atomic mass is 9.98. The van der Waals surface area contributed by atoms with E-state index in [-0.39, 0.29) is 0 Å². The second-order valence-electron chi connectivity index (χ2n) is 5.59. The van der Waals surface area contributed by atoms with Crippen molar-refractivity contribution in [3.8, 4) is 11.1 Å². The van der Waals surface area contributed by atoms with Gasteiger partial charge in [0.2, 0.25) is 0 Å². The van der Waals surface area contributed by atoms with E-state index in [1.807, 2.05) is 60.7 Å². The molecule has 0 N–H and O–H groups in total. The summed E-state index contributed by atoms with van der Waals surface area (Å²) in [5.74, 6) is 0. The van der Waals surface area contributed by atoms with Crippen molar-refractivity contribution in [2.75, 3.05) is 0 Å². The van der Waals surface area contributed by atoms with Crippen LogP contribution in [0.2, 0.25) is 20.1 Å². The predicted octanol–water partition coefficient (Wildman–Crippen LogP) is 8.27. The molecule has 0 aliphatic carbocycles. The van der Waals surface area contributed by atoms with Gasteiger partial charge in [-0.1, -0.05) is 70.7 Å². The first-order valence-electron chi connectivity index (χ1n) is 7.30. The molecule has 4 aromatic carbocycles. The van der Waals surface area contributed by atoms with Crippen molar-refractivity contribution in [1.82, 2.24) is 0 Å². The Bertz CT molecular complexity index is 1010. The van der Waals surface area contributed by atoms with Gasteiger partial charge in [0.15, 0.2) is 0 Å². The van der Waals surface area contributed by atoms with E-state index in [2.05, 4.69) is 0 Å². The highest BCUT2D eigenvalue weighted by Gasteiger charge is 2.10. The number of halogens is 4. The number of benzene rings is 4. The van der Waals surface area contributed by atoms with E-state index >= 15 is 0 Å². The minimum Gasteiger partial charge on any atom is -0.0837 e. The van der Waals surface area contributed by atoms with E-state index in [4.69, 9.17) is 46.4 Å². The quantitative estimate of drug-likeness (QED) is 0.306. The van der Waals surface area contributed by atoms with E-state index in [0.29, 0.717) is 20.1 Å². The molecule has 0 nitrogen and oxygen atoms in total. The summed E-state index contributed by atoms with van der Waals surface area (Å²) >= 11 is 25.6. The largest absolute Gasteiger partial charge is 0.0837 e. The average molecular weight is 392 g/mol. The molecule has 0 radical (unpaired) electrons. The van der Waals surface area contributed by atoms with Crippen molar-refractivity contribution < 1.29 is 0 Å². The molecule has 0 bridgehead atoms. The molecule has 0 atom stereocenters. The monoisotopic (exact) mass is 390 g/mol. The van der Waals surface area contributed by atoms with Gasteiger partial charge in [0, 0.05) is 41.6 Å². The minimum atomic E-state index is 0.653. The summed E-state index contributed by atoms with van der Waals surface area (Å²) in [4.78, 5) is 0. The number of hydrogen-bond acceptors (Lipinski definition) is 0. The molecule has 4 heteroatoms. The summed E-state index contributed by atoms with van der Waals surface area (Å²) in [5, 5.41) is 6.33. The first-order chi connectivity index (χ1) is 11.5. The van der Waals surface area contributed by atoms with E-state index < -0.39 is 0 Å². The first kappa shape index (κ1) is 16.1. The summed E-state index contributed by atoms with van der Waals surface area (Å²) in [5.41, 5.74) is 1.90. The van der Waals surface area contributed by atoms with Crippen LogP contribution in [-0.4, -0.2) is 0 Å². The minimum absolute atomic E-state index is 0.653. The summed E-state index contributed by atoms with van der Waals surface area (Å²) < 4.78 is 0. The highest BCUT2D eigenvalue weighted by molar-refractivity contribution is 6.41. The molecule has 0 aromatic heterocycles.